The molecule has 1 saturated heterocycles. The average Bonchev–Trinajstić information content (AvgIpc) is 3.22. The van der Waals surface area contributed by atoms with Crippen molar-refractivity contribution in [1.82, 2.24) is 5.32 Å². The van der Waals surface area contributed by atoms with Gasteiger partial charge in [-0.3, -0.25) is 4.79 Å². The highest BCUT2D eigenvalue weighted by Crippen LogP contribution is 2.59. The number of anilines is 1. The van der Waals surface area contributed by atoms with Gasteiger partial charge in [-0.25, -0.2) is 0 Å². The number of carbonyl (C=O) groups is 1. The van der Waals surface area contributed by atoms with Crippen LogP contribution < -0.4 is 10.2 Å². The fourth-order valence-corrected chi connectivity index (χ4v) is 3.65. The van der Waals surface area contributed by atoms with Crippen molar-refractivity contribution < 1.29 is 4.79 Å². The molecule has 0 bridgehead atoms. The predicted octanol–water partition coefficient (Wildman–Crippen LogP) is 3.21. The molecule has 3 heteroatoms. The largest absolute Gasteiger partial charge is 0.317 e. The molecule has 2 fully saturated rings. The lowest BCUT2D eigenvalue weighted by Gasteiger charge is -2.27. The minimum Gasteiger partial charge on any atom is -0.317 e. The van der Waals surface area contributed by atoms with Crippen LogP contribution in [-0.2, 0) is 4.79 Å². The molecule has 1 atom stereocenters. The first-order valence-corrected chi connectivity index (χ1v) is 8.34. The van der Waals surface area contributed by atoms with E-state index < -0.39 is 0 Å². The molecule has 1 heterocycles. The predicted molar refractivity (Wildman–Crippen MR) is 86.3 cm³/mol. The number of benzene rings is 1. The number of para-hydroxylation sites is 1. The summed E-state index contributed by atoms with van der Waals surface area (Å²) in [6.45, 7) is 5.18. The van der Waals surface area contributed by atoms with Crippen molar-refractivity contribution in [1.29, 1.82) is 0 Å². The van der Waals surface area contributed by atoms with Crippen LogP contribution in [0.5, 0.6) is 0 Å². The highest BCUT2D eigenvalue weighted by atomic mass is 16.2. The molecular formula is C18H26N2O. The minimum atomic E-state index is 0.261. The molecule has 1 aromatic rings. The molecule has 1 amide bonds. The molecule has 3 rings (SSSR count). The van der Waals surface area contributed by atoms with Gasteiger partial charge < -0.3 is 10.2 Å². The number of hydrogen-bond donors (Lipinski definition) is 1. The Morgan fingerprint density at radius 2 is 2.00 bits per heavy atom. The van der Waals surface area contributed by atoms with Gasteiger partial charge in [-0.15, -0.1) is 0 Å². The first-order chi connectivity index (χ1) is 10.3. The molecule has 2 aliphatic rings. The normalized spacial score (nSPS) is 23.0. The maximum atomic E-state index is 13.0. The number of unbranched alkanes of at least 4 members (excludes halogenated alkanes) is 1. The third-order valence-corrected chi connectivity index (χ3v) is 5.16. The van der Waals surface area contributed by atoms with Gasteiger partial charge in [-0.1, -0.05) is 31.5 Å². The van der Waals surface area contributed by atoms with E-state index in [0.29, 0.717) is 11.3 Å². The fourth-order valence-electron chi connectivity index (χ4n) is 3.65. The van der Waals surface area contributed by atoms with Crippen molar-refractivity contribution in [2.75, 3.05) is 24.5 Å². The van der Waals surface area contributed by atoms with Gasteiger partial charge in [0.2, 0.25) is 5.91 Å². The Labute approximate surface area is 127 Å². The molecule has 1 N–H and O–H groups in total. The van der Waals surface area contributed by atoms with Gasteiger partial charge in [0.05, 0.1) is 0 Å². The van der Waals surface area contributed by atoms with E-state index >= 15 is 0 Å². The van der Waals surface area contributed by atoms with E-state index in [2.05, 4.69) is 24.4 Å². The second-order valence-electron chi connectivity index (χ2n) is 6.55. The molecule has 114 valence electrons. The summed E-state index contributed by atoms with van der Waals surface area (Å²) in [5, 5.41) is 3.41. The van der Waals surface area contributed by atoms with E-state index in [1.54, 1.807) is 0 Å². The smallest absolute Gasteiger partial charge is 0.230 e. The number of nitrogens with zero attached hydrogens (tertiary/aromatic N) is 1. The number of nitrogens with one attached hydrogen (secondary N) is 1. The molecule has 3 nitrogen and oxygen atoms in total. The SMILES string of the molecule is CCCCN(C(=O)C1CC12CCNCC2)c1ccccc1. The molecule has 0 aromatic heterocycles. The molecule has 1 saturated carbocycles. The van der Waals surface area contributed by atoms with Crippen LogP contribution in [0, 0.1) is 11.3 Å². The summed E-state index contributed by atoms with van der Waals surface area (Å²) >= 11 is 0. The number of rotatable bonds is 5. The molecule has 1 aliphatic heterocycles. The summed E-state index contributed by atoms with van der Waals surface area (Å²) in [4.78, 5) is 15.0. The van der Waals surface area contributed by atoms with E-state index in [1.807, 2.05) is 23.1 Å². The number of amides is 1. The van der Waals surface area contributed by atoms with Crippen molar-refractivity contribution in [3.63, 3.8) is 0 Å². The molecule has 1 aliphatic carbocycles. The van der Waals surface area contributed by atoms with Crippen LogP contribution in [0.4, 0.5) is 5.69 Å². The van der Waals surface area contributed by atoms with Crippen molar-refractivity contribution in [2.45, 2.75) is 39.0 Å². The maximum absolute atomic E-state index is 13.0. The Kier molecular flexibility index (Phi) is 4.29. The quantitative estimate of drug-likeness (QED) is 0.901. The van der Waals surface area contributed by atoms with Crippen LogP contribution in [0.3, 0.4) is 0 Å². The lowest BCUT2D eigenvalue weighted by atomic mass is 9.91. The Morgan fingerprint density at radius 3 is 2.67 bits per heavy atom. The number of hydrogen-bond acceptors (Lipinski definition) is 2. The van der Waals surface area contributed by atoms with Crippen LogP contribution in [-0.4, -0.2) is 25.5 Å². The minimum absolute atomic E-state index is 0.261. The van der Waals surface area contributed by atoms with Crippen molar-refractivity contribution in [2.24, 2.45) is 11.3 Å². The van der Waals surface area contributed by atoms with Gasteiger partial charge in [0.25, 0.3) is 0 Å². The maximum Gasteiger partial charge on any atom is 0.230 e. The van der Waals surface area contributed by atoms with E-state index in [4.69, 9.17) is 0 Å². The third kappa shape index (κ3) is 2.98. The third-order valence-electron chi connectivity index (χ3n) is 5.16. The first kappa shape index (κ1) is 14.6. The lowest BCUT2D eigenvalue weighted by molar-refractivity contribution is -0.120. The standard InChI is InChI=1S/C18H26N2O/c1-2-3-13-20(15-7-5-4-6-8-15)17(21)16-14-18(16)9-11-19-12-10-18/h4-8,16,19H,2-3,9-14H2,1H3. The average molecular weight is 286 g/mol. The van der Waals surface area contributed by atoms with E-state index in [9.17, 15) is 4.79 Å². The van der Waals surface area contributed by atoms with Crippen molar-refractivity contribution >= 4 is 11.6 Å². The van der Waals surface area contributed by atoms with Gasteiger partial charge in [0, 0.05) is 18.2 Å². The van der Waals surface area contributed by atoms with Crippen LogP contribution >= 0.6 is 0 Å². The van der Waals surface area contributed by atoms with Crippen LogP contribution in [0.1, 0.15) is 39.0 Å². The monoisotopic (exact) mass is 286 g/mol. The molecular weight excluding hydrogens is 260 g/mol. The number of piperidine rings is 1. The fraction of sp³-hybridized carbons (Fsp3) is 0.611. The van der Waals surface area contributed by atoms with Crippen molar-refractivity contribution in [3.8, 4) is 0 Å². The summed E-state index contributed by atoms with van der Waals surface area (Å²) in [7, 11) is 0. The second kappa shape index (κ2) is 6.18. The summed E-state index contributed by atoms with van der Waals surface area (Å²) < 4.78 is 0. The van der Waals surface area contributed by atoms with Gasteiger partial charge in [0.1, 0.15) is 0 Å². The lowest BCUT2D eigenvalue weighted by Crippen LogP contribution is -2.37. The van der Waals surface area contributed by atoms with E-state index in [-0.39, 0.29) is 5.92 Å². The molecule has 21 heavy (non-hydrogen) atoms. The Balaban J connectivity index is 1.73. The molecule has 1 spiro atoms. The Hall–Kier alpha value is -1.35. The topological polar surface area (TPSA) is 32.3 Å². The summed E-state index contributed by atoms with van der Waals surface area (Å²) in [6, 6.07) is 10.2. The van der Waals surface area contributed by atoms with Gasteiger partial charge in [0.15, 0.2) is 0 Å². The zero-order valence-electron chi connectivity index (χ0n) is 13.0. The Morgan fingerprint density at radius 1 is 1.29 bits per heavy atom. The second-order valence-corrected chi connectivity index (χ2v) is 6.55. The van der Waals surface area contributed by atoms with E-state index in [1.165, 1.54) is 12.8 Å². The van der Waals surface area contributed by atoms with Gasteiger partial charge in [-0.05, 0) is 56.3 Å². The first-order valence-electron chi connectivity index (χ1n) is 8.34. The highest BCUT2D eigenvalue weighted by Gasteiger charge is 2.58. The summed E-state index contributed by atoms with van der Waals surface area (Å²) in [5.74, 6) is 0.619. The van der Waals surface area contributed by atoms with Gasteiger partial charge >= 0.3 is 0 Å². The van der Waals surface area contributed by atoms with Crippen LogP contribution in [0.25, 0.3) is 0 Å². The zero-order chi connectivity index (χ0) is 14.7. The highest BCUT2D eigenvalue weighted by molar-refractivity contribution is 5.97. The molecule has 0 radical (unpaired) electrons. The summed E-state index contributed by atoms with van der Waals surface area (Å²) in [5.41, 5.74) is 1.38. The van der Waals surface area contributed by atoms with Crippen LogP contribution in [0.15, 0.2) is 30.3 Å². The van der Waals surface area contributed by atoms with Gasteiger partial charge in [-0.2, -0.15) is 0 Å². The van der Waals surface area contributed by atoms with Crippen LogP contribution in [0.2, 0.25) is 0 Å². The number of carbonyl (C=O) groups excluding carboxylic acids is 1. The van der Waals surface area contributed by atoms with Crippen molar-refractivity contribution in [3.05, 3.63) is 30.3 Å². The molecule has 1 unspecified atom stereocenters. The summed E-state index contributed by atoms with van der Waals surface area (Å²) in [6.07, 6.45) is 5.63. The molecule has 1 aromatic carbocycles. The Bertz CT molecular complexity index is 479. The van der Waals surface area contributed by atoms with E-state index in [0.717, 1.165) is 44.6 Å². The zero-order valence-corrected chi connectivity index (χ0v) is 13.0.